The molecule has 34 heavy (non-hydrogen) atoms. The number of ether oxygens (including phenoxy) is 3. The van der Waals surface area contributed by atoms with E-state index < -0.39 is 28.1 Å². The Bertz CT molecular complexity index is 1190. The molecular weight excluding hydrogens is 454 g/mol. The van der Waals surface area contributed by atoms with Crippen molar-refractivity contribution in [3.05, 3.63) is 97.1 Å². The minimum atomic E-state index is -4.06. The molecule has 0 amide bonds. The van der Waals surface area contributed by atoms with Gasteiger partial charge in [0.15, 0.2) is 0 Å². The third kappa shape index (κ3) is 6.32. The van der Waals surface area contributed by atoms with E-state index in [1.165, 1.54) is 25.3 Å². The van der Waals surface area contributed by atoms with Gasteiger partial charge in [0.05, 0.1) is 25.7 Å². The maximum absolute atomic E-state index is 13.1. The highest BCUT2D eigenvalue weighted by Crippen LogP contribution is 2.24. The Kier molecular flexibility index (Phi) is 8.59. The van der Waals surface area contributed by atoms with Crippen LogP contribution in [0.3, 0.4) is 0 Å². The highest BCUT2D eigenvalue weighted by atomic mass is 32.2. The van der Waals surface area contributed by atoms with Gasteiger partial charge >= 0.3 is 5.97 Å². The van der Waals surface area contributed by atoms with Crippen molar-refractivity contribution in [3.63, 3.8) is 0 Å². The van der Waals surface area contributed by atoms with Crippen LogP contribution in [0.25, 0.3) is 11.1 Å². The van der Waals surface area contributed by atoms with E-state index >= 15 is 0 Å². The summed E-state index contributed by atoms with van der Waals surface area (Å²) in [6, 6.07) is 21.8. The number of sulfonamides is 1. The van der Waals surface area contributed by atoms with E-state index in [0.717, 1.165) is 22.4 Å². The van der Waals surface area contributed by atoms with E-state index in [1.807, 2.05) is 54.6 Å². The third-order valence-corrected chi connectivity index (χ3v) is 6.63. The van der Waals surface area contributed by atoms with E-state index in [0.29, 0.717) is 0 Å². The van der Waals surface area contributed by atoms with E-state index in [9.17, 15) is 13.2 Å². The molecular formula is C26H27NO6S. The molecule has 3 aromatic carbocycles. The summed E-state index contributed by atoms with van der Waals surface area (Å²) in [5.41, 5.74) is 2.61. The standard InChI is InChI=1S/C26H27NO6S/c1-4-24(33-18-19-8-6-5-7-9-19)25(26(28)32-3)27-34(29,30)23-16-12-21(13-17-23)20-10-14-22(31-2)15-11-20/h4-17,24-25,27H,1,18H2,2-3H3. The fourth-order valence-electron chi connectivity index (χ4n) is 3.29. The van der Waals surface area contributed by atoms with Gasteiger partial charge in [-0.1, -0.05) is 60.7 Å². The molecule has 0 aliphatic rings. The van der Waals surface area contributed by atoms with Crippen LogP contribution in [0.4, 0.5) is 0 Å². The van der Waals surface area contributed by atoms with Gasteiger partial charge in [-0.05, 0) is 41.0 Å². The van der Waals surface area contributed by atoms with Gasteiger partial charge in [0.25, 0.3) is 0 Å². The van der Waals surface area contributed by atoms with E-state index in [1.54, 1.807) is 19.2 Å². The molecule has 0 saturated heterocycles. The third-order valence-electron chi connectivity index (χ3n) is 5.17. The average molecular weight is 482 g/mol. The largest absolute Gasteiger partial charge is 0.497 e. The van der Waals surface area contributed by atoms with Crippen LogP contribution in [0, 0.1) is 0 Å². The first kappa shape index (κ1) is 25.2. The molecule has 8 heteroatoms. The average Bonchev–Trinajstić information content (AvgIpc) is 2.88. The quantitative estimate of drug-likeness (QED) is 0.329. The Morgan fingerprint density at radius 3 is 2.06 bits per heavy atom. The normalized spacial score (nSPS) is 13.0. The van der Waals surface area contributed by atoms with E-state index in [4.69, 9.17) is 14.2 Å². The number of carbonyl (C=O) groups is 1. The molecule has 7 nitrogen and oxygen atoms in total. The van der Waals surface area contributed by atoms with Crippen LogP contribution in [0.15, 0.2) is 96.4 Å². The highest BCUT2D eigenvalue weighted by molar-refractivity contribution is 7.89. The van der Waals surface area contributed by atoms with Gasteiger partial charge in [0.2, 0.25) is 10.0 Å². The Labute approximate surface area is 200 Å². The molecule has 0 spiro atoms. The number of hydrogen-bond acceptors (Lipinski definition) is 6. The van der Waals surface area contributed by atoms with Crippen LogP contribution in [0.5, 0.6) is 5.75 Å². The van der Waals surface area contributed by atoms with Gasteiger partial charge in [-0.2, -0.15) is 4.72 Å². The van der Waals surface area contributed by atoms with Gasteiger partial charge in [-0.25, -0.2) is 8.42 Å². The number of esters is 1. The van der Waals surface area contributed by atoms with Crippen molar-refractivity contribution in [1.29, 1.82) is 0 Å². The first-order chi connectivity index (χ1) is 16.4. The molecule has 178 valence electrons. The van der Waals surface area contributed by atoms with Crippen LogP contribution in [0.1, 0.15) is 5.56 Å². The van der Waals surface area contributed by atoms with E-state index in [2.05, 4.69) is 11.3 Å². The summed E-state index contributed by atoms with van der Waals surface area (Å²) in [4.78, 5) is 12.4. The second-order valence-electron chi connectivity index (χ2n) is 7.37. The summed E-state index contributed by atoms with van der Waals surface area (Å²) in [5, 5.41) is 0. The van der Waals surface area contributed by atoms with Crippen LogP contribution < -0.4 is 9.46 Å². The number of nitrogens with one attached hydrogen (secondary N) is 1. The molecule has 3 rings (SSSR count). The fourth-order valence-corrected chi connectivity index (χ4v) is 4.48. The molecule has 0 bridgehead atoms. The summed E-state index contributed by atoms with van der Waals surface area (Å²) in [6.45, 7) is 3.86. The summed E-state index contributed by atoms with van der Waals surface area (Å²) < 4.78 is 44.3. The zero-order valence-corrected chi connectivity index (χ0v) is 19.8. The van der Waals surface area contributed by atoms with Crippen LogP contribution in [0.2, 0.25) is 0 Å². The summed E-state index contributed by atoms with van der Waals surface area (Å²) >= 11 is 0. The zero-order chi connectivity index (χ0) is 24.6. The molecule has 0 fully saturated rings. The minimum Gasteiger partial charge on any atom is -0.497 e. The molecule has 0 radical (unpaired) electrons. The molecule has 0 aliphatic heterocycles. The monoisotopic (exact) mass is 481 g/mol. The van der Waals surface area contributed by atoms with Gasteiger partial charge in [0.1, 0.15) is 17.9 Å². The number of hydrogen-bond donors (Lipinski definition) is 1. The lowest BCUT2D eigenvalue weighted by Gasteiger charge is -2.24. The molecule has 2 atom stereocenters. The lowest BCUT2D eigenvalue weighted by atomic mass is 10.1. The van der Waals surface area contributed by atoms with Crippen molar-refractivity contribution in [2.24, 2.45) is 0 Å². The van der Waals surface area contributed by atoms with Gasteiger partial charge in [0, 0.05) is 0 Å². The summed E-state index contributed by atoms with van der Waals surface area (Å²) in [5.74, 6) is -0.0522. The fraction of sp³-hybridized carbons (Fsp3) is 0.192. The van der Waals surface area contributed by atoms with Crippen molar-refractivity contribution < 1.29 is 27.4 Å². The molecule has 0 saturated carbocycles. The number of carbonyl (C=O) groups excluding carboxylic acids is 1. The Morgan fingerprint density at radius 1 is 0.941 bits per heavy atom. The molecule has 0 aliphatic carbocycles. The van der Waals surface area contributed by atoms with Crippen molar-refractivity contribution in [2.75, 3.05) is 14.2 Å². The topological polar surface area (TPSA) is 90.9 Å². The summed E-state index contributed by atoms with van der Waals surface area (Å²) in [7, 11) is -1.29. The van der Waals surface area contributed by atoms with Crippen LogP contribution in [-0.2, 0) is 30.9 Å². The van der Waals surface area contributed by atoms with Crippen molar-refractivity contribution in [3.8, 4) is 16.9 Å². The van der Waals surface area contributed by atoms with Gasteiger partial charge in [-0.3, -0.25) is 4.79 Å². The van der Waals surface area contributed by atoms with Crippen LogP contribution >= 0.6 is 0 Å². The minimum absolute atomic E-state index is 0.00420. The zero-order valence-electron chi connectivity index (χ0n) is 19.0. The lowest BCUT2D eigenvalue weighted by molar-refractivity contribution is -0.146. The van der Waals surface area contributed by atoms with Crippen molar-refractivity contribution >= 4 is 16.0 Å². The molecule has 1 N–H and O–H groups in total. The highest BCUT2D eigenvalue weighted by Gasteiger charge is 2.33. The first-order valence-electron chi connectivity index (χ1n) is 10.5. The number of rotatable bonds is 11. The predicted molar refractivity (Wildman–Crippen MR) is 130 cm³/mol. The SMILES string of the molecule is C=CC(OCc1ccccc1)C(NS(=O)(=O)c1ccc(-c2ccc(OC)cc2)cc1)C(=O)OC. The Hall–Kier alpha value is -3.46. The maximum Gasteiger partial charge on any atom is 0.326 e. The van der Waals surface area contributed by atoms with E-state index in [-0.39, 0.29) is 11.5 Å². The van der Waals surface area contributed by atoms with Gasteiger partial charge in [-0.15, -0.1) is 6.58 Å². The van der Waals surface area contributed by atoms with Crippen molar-refractivity contribution in [2.45, 2.75) is 23.6 Å². The molecule has 2 unspecified atom stereocenters. The summed E-state index contributed by atoms with van der Waals surface area (Å²) in [6.07, 6.45) is 0.431. The van der Waals surface area contributed by atoms with Crippen LogP contribution in [-0.4, -0.2) is 40.8 Å². The first-order valence-corrected chi connectivity index (χ1v) is 12.0. The molecule has 3 aromatic rings. The number of benzene rings is 3. The lowest BCUT2D eigenvalue weighted by Crippen LogP contribution is -2.49. The van der Waals surface area contributed by atoms with Gasteiger partial charge < -0.3 is 14.2 Å². The Morgan fingerprint density at radius 2 is 1.53 bits per heavy atom. The number of methoxy groups -OCH3 is 2. The molecule has 0 heterocycles. The maximum atomic E-state index is 13.1. The van der Waals surface area contributed by atoms with Crippen molar-refractivity contribution in [1.82, 2.24) is 4.72 Å². The smallest absolute Gasteiger partial charge is 0.326 e. The predicted octanol–water partition coefficient (Wildman–Crippen LogP) is 3.95. The second kappa shape index (κ2) is 11.6. The Balaban J connectivity index is 1.78. The molecule has 0 aromatic heterocycles. The second-order valence-corrected chi connectivity index (χ2v) is 9.09.